The lowest BCUT2D eigenvalue weighted by Crippen LogP contribution is -2.20. The van der Waals surface area contributed by atoms with E-state index >= 15 is 0 Å². The first-order chi connectivity index (χ1) is 6.53. The van der Waals surface area contributed by atoms with Gasteiger partial charge in [-0.25, -0.2) is 4.98 Å². The van der Waals surface area contributed by atoms with E-state index in [9.17, 15) is 13.2 Å². The van der Waals surface area contributed by atoms with Crippen LogP contribution in [-0.2, 0) is 0 Å². The van der Waals surface area contributed by atoms with Crippen molar-refractivity contribution >= 4 is 0 Å². The maximum Gasteiger partial charge on any atom is 0.389 e. The van der Waals surface area contributed by atoms with Crippen LogP contribution in [0.2, 0.25) is 0 Å². The molecule has 0 spiro atoms. The molecule has 1 rings (SSSR count). The molecule has 0 aliphatic heterocycles. The van der Waals surface area contributed by atoms with Crippen molar-refractivity contribution in [2.75, 3.05) is 7.05 Å². The Balaban J connectivity index is 2.49. The predicted molar refractivity (Wildman–Crippen MR) is 43.5 cm³/mol. The molecule has 0 aliphatic carbocycles. The highest BCUT2D eigenvalue weighted by Crippen LogP contribution is 2.25. The van der Waals surface area contributed by atoms with Gasteiger partial charge in [0.15, 0.2) is 0 Å². The highest BCUT2D eigenvalue weighted by molar-refractivity contribution is 4.90. The van der Waals surface area contributed by atoms with Crippen LogP contribution in [0.4, 0.5) is 13.2 Å². The highest BCUT2D eigenvalue weighted by Gasteiger charge is 2.28. The van der Waals surface area contributed by atoms with E-state index in [0.29, 0.717) is 5.82 Å². The van der Waals surface area contributed by atoms with Crippen LogP contribution >= 0.6 is 0 Å². The molecule has 0 bridgehead atoms. The Morgan fingerprint density at radius 1 is 1.57 bits per heavy atom. The van der Waals surface area contributed by atoms with Crippen LogP contribution in [0.3, 0.4) is 0 Å². The van der Waals surface area contributed by atoms with Crippen molar-refractivity contribution < 1.29 is 13.2 Å². The molecule has 0 radical (unpaired) electrons. The molecule has 1 heterocycles. The van der Waals surface area contributed by atoms with Crippen LogP contribution in [0, 0.1) is 0 Å². The Hall–Kier alpha value is -1.11. The number of aromatic amines is 1. The molecular formula is C7H11F3N4. The van der Waals surface area contributed by atoms with Crippen LogP contribution in [0.1, 0.15) is 24.7 Å². The number of aromatic nitrogens is 3. The smallest absolute Gasteiger partial charge is 0.310 e. The molecule has 0 saturated carbocycles. The van der Waals surface area contributed by atoms with E-state index in [1.807, 2.05) is 0 Å². The van der Waals surface area contributed by atoms with Gasteiger partial charge in [-0.2, -0.15) is 18.3 Å². The van der Waals surface area contributed by atoms with Gasteiger partial charge in [-0.1, -0.05) is 0 Å². The molecule has 80 valence electrons. The van der Waals surface area contributed by atoms with Gasteiger partial charge in [0.1, 0.15) is 12.2 Å². The summed E-state index contributed by atoms with van der Waals surface area (Å²) in [4.78, 5) is 3.79. The number of hydrogen-bond acceptors (Lipinski definition) is 3. The minimum absolute atomic E-state index is 0.0464. The van der Waals surface area contributed by atoms with E-state index in [4.69, 9.17) is 0 Å². The summed E-state index contributed by atoms with van der Waals surface area (Å²) in [6, 6.07) is -0.431. The maximum absolute atomic E-state index is 11.9. The molecule has 1 unspecified atom stereocenters. The van der Waals surface area contributed by atoms with Gasteiger partial charge in [0.05, 0.1) is 6.04 Å². The summed E-state index contributed by atoms with van der Waals surface area (Å²) in [5.74, 6) is 0.428. The Bertz CT molecular complexity index is 256. The molecule has 0 aliphatic rings. The summed E-state index contributed by atoms with van der Waals surface area (Å²) in [6.07, 6.45) is -3.74. The monoisotopic (exact) mass is 208 g/mol. The van der Waals surface area contributed by atoms with Crippen molar-refractivity contribution in [2.45, 2.75) is 25.1 Å². The van der Waals surface area contributed by atoms with Crippen molar-refractivity contribution in [1.29, 1.82) is 0 Å². The average molecular weight is 208 g/mol. The van der Waals surface area contributed by atoms with Gasteiger partial charge in [-0.3, -0.25) is 5.10 Å². The number of halogens is 3. The summed E-state index contributed by atoms with van der Waals surface area (Å²) in [5, 5.41) is 8.85. The van der Waals surface area contributed by atoms with Gasteiger partial charge < -0.3 is 5.32 Å². The lowest BCUT2D eigenvalue weighted by atomic mass is 10.1. The zero-order valence-electron chi connectivity index (χ0n) is 7.60. The topological polar surface area (TPSA) is 53.6 Å². The quantitative estimate of drug-likeness (QED) is 0.786. The molecule has 1 aromatic heterocycles. The number of rotatable bonds is 4. The largest absolute Gasteiger partial charge is 0.389 e. The second kappa shape index (κ2) is 4.41. The molecule has 14 heavy (non-hydrogen) atoms. The maximum atomic E-state index is 11.9. The van der Waals surface area contributed by atoms with E-state index in [0.717, 1.165) is 0 Å². The van der Waals surface area contributed by atoms with Crippen LogP contribution in [-0.4, -0.2) is 28.4 Å². The summed E-state index contributed by atoms with van der Waals surface area (Å²) in [6.45, 7) is 0. The third kappa shape index (κ3) is 3.33. The minimum Gasteiger partial charge on any atom is -0.310 e. The van der Waals surface area contributed by atoms with Gasteiger partial charge in [-0.15, -0.1) is 0 Å². The first-order valence-electron chi connectivity index (χ1n) is 4.12. The second-order valence-corrected chi connectivity index (χ2v) is 2.87. The van der Waals surface area contributed by atoms with E-state index < -0.39 is 18.6 Å². The Labute approximate surface area is 78.9 Å². The molecule has 0 fully saturated rings. The number of nitrogens with zero attached hydrogens (tertiary/aromatic N) is 2. The minimum atomic E-state index is -4.13. The predicted octanol–water partition coefficient (Wildman–Crippen LogP) is 1.41. The Morgan fingerprint density at radius 3 is 2.71 bits per heavy atom. The molecule has 2 N–H and O–H groups in total. The fourth-order valence-corrected chi connectivity index (χ4v) is 1.11. The van der Waals surface area contributed by atoms with Crippen molar-refractivity contribution in [1.82, 2.24) is 20.5 Å². The van der Waals surface area contributed by atoms with Crippen LogP contribution in [0.25, 0.3) is 0 Å². The summed E-state index contributed by atoms with van der Waals surface area (Å²) in [7, 11) is 1.59. The average Bonchev–Trinajstić information content (AvgIpc) is 2.56. The van der Waals surface area contributed by atoms with Crippen molar-refractivity contribution in [3.8, 4) is 0 Å². The van der Waals surface area contributed by atoms with Crippen molar-refractivity contribution in [3.63, 3.8) is 0 Å². The van der Waals surface area contributed by atoms with Crippen LogP contribution < -0.4 is 5.32 Å². The fraction of sp³-hybridized carbons (Fsp3) is 0.714. The lowest BCUT2D eigenvalue weighted by molar-refractivity contribution is -0.136. The first-order valence-corrected chi connectivity index (χ1v) is 4.12. The van der Waals surface area contributed by atoms with Crippen LogP contribution in [0.15, 0.2) is 6.33 Å². The summed E-state index contributed by atoms with van der Waals surface area (Å²) >= 11 is 0. The number of nitrogens with one attached hydrogen (secondary N) is 2. The lowest BCUT2D eigenvalue weighted by Gasteiger charge is -2.14. The molecule has 0 aromatic carbocycles. The van der Waals surface area contributed by atoms with Gasteiger partial charge in [0.2, 0.25) is 0 Å². The SMILES string of the molecule is CNC(CCC(F)(F)F)c1ncn[nH]1. The van der Waals surface area contributed by atoms with Crippen molar-refractivity contribution in [2.24, 2.45) is 0 Å². The first kappa shape index (κ1) is 11.0. The number of H-pyrrole nitrogens is 1. The summed E-state index contributed by atoms with van der Waals surface area (Å²) in [5.41, 5.74) is 0. The standard InChI is InChI=1S/C7H11F3N4/c1-11-5(2-3-7(8,9)10)6-12-4-13-14-6/h4-5,11H,2-3H2,1H3,(H,12,13,14). The van der Waals surface area contributed by atoms with E-state index in [-0.39, 0.29) is 6.42 Å². The van der Waals surface area contributed by atoms with E-state index in [1.54, 1.807) is 7.05 Å². The van der Waals surface area contributed by atoms with Gasteiger partial charge >= 0.3 is 6.18 Å². The van der Waals surface area contributed by atoms with E-state index in [2.05, 4.69) is 20.5 Å². The molecule has 1 aromatic rings. The summed E-state index contributed by atoms with van der Waals surface area (Å²) < 4.78 is 35.8. The molecule has 7 heteroatoms. The fourth-order valence-electron chi connectivity index (χ4n) is 1.11. The molecular weight excluding hydrogens is 197 g/mol. The second-order valence-electron chi connectivity index (χ2n) is 2.87. The third-order valence-corrected chi connectivity index (χ3v) is 1.83. The number of alkyl halides is 3. The molecule has 0 saturated heterocycles. The molecule has 4 nitrogen and oxygen atoms in total. The Morgan fingerprint density at radius 2 is 2.29 bits per heavy atom. The zero-order valence-corrected chi connectivity index (χ0v) is 7.60. The molecule has 1 atom stereocenters. The molecule has 0 amide bonds. The number of hydrogen-bond donors (Lipinski definition) is 2. The zero-order chi connectivity index (χ0) is 10.6. The third-order valence-electron chi connectivity index (χ3n) is 1.83. The highest BCUT2D eigenvalue weighted by atomic mass is 19.4. The van der Waals surface area contributed by atoms with Crippen LogP contribution in [0.5, 0.6) is 0 Å². The van der Waals surface area contributed by atoms with Gasteiger partial charge in [-0.05, 0) is 13.5 Å². The normalized spacial score (nSPS) is 14.3. The van der Waals surface area contributed by atoms with Gasteiger partial charge in [0.25, 0.3) is 0 Å². The van der Waals surface area contributed by atoms with Gasteiger partial charge in [0, 0.05) is 6.42 Å². The Kier molecular flexibility index (Phi) is 3.45. The van der Waals surface area contributed by atoms with Crippen molar-refractivity contribution in [3.05, 3.63) is 12.2 Å². The van der Waals surface area contributed by atoms with E-state index in [1.165, 1.54) is 6.33 Å².